The average molecular weight is 412 g/mol. The van der Waals surface area contributed by atoms with Gasteiger partial charge in [0.2, 0.25) is 5.91 Å². The average Bonchev–Trinajstić information content (AvgIpc) is 3.41. The van der Waals surface area contributed by atoms with E-state index in [1.165, 1.54) is 11.3 Å². The Labute approximate surface area is 169 Å². The van der Waals surface area contributed by atoms with Crippen LogP contribution in [-0.4, -0.2) is 27.8 Å². The van der Waals surface area contributed by atoms with E-state index in [1.807, 2.05) is 23.6 Å². The van der Waals surface area contributed by atoms with Gasteiger partial charge in [0.05, 0.1) is 17.0 Å². The minimum Gasteiger partial charge on any atom is -0.318 e. The van der Waals surface area contributed by atoms with Gasteiger partial charge < -0.3 is 5.32 Å². The molecule has 0 spiro atoms. The number of benzene rings is 1. The van der Waals surface area contributed by atoms with Crippen molar-refractivity contribution in [2.45, 2.75) is 18.9 Å². The van der Waals surface area contributed by atoms with Crippen LogP contribution < -0.4 is 10.7 Å². The zero-order valence-corrected chi connectivity index (χ0v) is 16.5. The summed E-state index contributed by atoms with van der Waals surface area (Å²) in [6, 6.07) is 12.1. The Hall–Kier alpha value is -3.04. The number of hydrogen-bond acceptors (Lipinski definition) is 6. The minimum absolute atomic E-state index is 0.0268. The number of thiazole rings is 1. The number of aromatic nitrogens is 1. The summed E-state index contributed by atoms with van der Waals surface area (Å²) in [6.45, 7) is 1.61. The van der Waals surface area contributed by atoms with Crippen LogP contribution >= 0.6 is 22.7 Å². The summed E-state index contributed by atoms with van der Waals surface area (Å²) in [7, 11) is 0. The third-order valence-corrected chi connectivity index (χ3v) is 6.33. The highest BCUT2D eigenvalue weighted by atomic mass is 32.1. The number of imide groups is 1. The predicted octanol–water partition coefficient (Wildman–Crippen LogP) is 2.91. The molecule has 0 radical (unpaired) electrons. The smallest absolute Gasteiger partial charge is 0.318 e. The first-order chi connectivity index (χ1) is 13.5. The Bertz CT molecular complexity index is 1030. The highest BCUT2D eigenvalue weighted by Crippen LogP contribution is 2.29. The quantitative estimate of drug-likeness (QED) is 0.631. The molecule has 1 aromatic carbocycles. The summed E-state index contributed by atoms with van der Waals surface area (Å²) in [6.07, 6.45) is -0.0268. The van der Waals surface area contributed by atoms with Crippen molar-refractivity contribution >= 4 is 40.5 Å². The summed E-state index contributed by atoms with van der Waals surface area (Å²) in [4.78, 5) is 43.0. The van der Waals surface area contributed by atoms with Crippen LogP contribution in [0, 0.1) is 0 Å². The van der Waals surface area contributed by atoms with E-state index in [1.54, 1.807) is 47.9 Å². The van der Waals surface area contributed by atoms with Gasteiger partial charge in [-0.1, -0.05) is 36.4 Å². The van der Waals surface area contributed by atoms with E-state index in [4.69, 9.17) is 0 Å². The fourth-order valence-corrected chi connectivity index (χ4v) is 4.57. The van der Waals surface area contributed by atoms with E-state index >= 15 is 0 Å². The highest BCUT2D eigenvalue weighted by molar-refractivity contribution is 7.20. The number of carbonyl (C=O) groups is 3. The number of thiophene rings is 1. The van der Waals surface area contributed by atoms with Gasteiger partial charge in [-0.25, -0.2) is 9.78 Å². The number of amides is 4. The lowest BCUT2D eigenvalue weighted by Gasteiger charge is -2.22. The maximum atomic E-state index is 12.8. The van der Waals surface area contributed by atoms with E-state index in [0.29, 0.717) is 11.3 Å². The zero-order valence-electron chi connectivity index (χ0n) is 14.8. The SMILES string of the molecule is CC1(c2ccccc2)NC(=O)N(NC(=O)Cc2csc(-c3cccs3)n2)C1=O. The molecular weight excluding hydrogens is 396 g/mol. The Kier molecular flexibility index (Phi) is 4.70. The molecule has 1 fully saturated rings. The molecule has 142 valence electrons. The van der Waals surface area contributed by atoms with Crippen LogP contribution in [0.4, 0.5) is 4.79 Å². The van der Waals surface area contributed by atoms with Crippen molar-refractivity contribution in [3.63, 3.8) is 0 Å². The first kappa shape index (κ1) is 18.3. The summed E-state index contributed by atoms with van der Waals surface area (Å²) < 4.78 is 0. The minimum atomic E-state index is -1.22. The monoisotopic (exact) mass is 412 g/mol. The van der Waals surface area contributed by atoms with Gasteiger partial charge in [-0.2, -0.15) is 5.01 Å². The molecule has 3 heterocycles. The second-order valence-corrected chi connectivity index (χ2v) is 8.20. The van der Waals surface area contributed by atoms with Gasteiger partial charge in [0.15, 0.2) is 0 Å². The van der Waals surface area contributed by atoms with Gasteiger partial charge in [-0.15, -0.1) is 22.7 Å². The largest absolute Gasteiger partial charge is 0.344 e. The molecule has 1 saturated heterocycles. The second-order valence-electron chi connectivity index (χ2n) is 6.39. The first-order valence-electron chi connectivity index (χ1n) is 8.47. The van der Waals surface area contributed by atoms with Crippen molar-refractivity contribution in [3.05, 3.63) is 64.5 Å². The van der Waals surface area contributed by atoms with Crippen LogP contribution in [0.5, 0.6) is 0 Å². The van der Waals surface area contributed by atoms with Gasteiger partial charge in [0, 0.05) is 5.38 Å². The van der Waals surface area contributed by atoms with Crippen molar-refractivity contribution in [3.8, 4) is 9.88 Å². The fraction of sp³-hybridized carbons (Fsp3) is 0.158. The van der Waals surface area contributed by atoms with E-state index < -0.39 is 23.4 Å². The molecule has 1 atom stereocenters. The maximum Gasteiger partial charge on any atom is 0.344 e. The molecule has 1 aliphatic rings. The number of hydrogen-bond donors (Lipinski definition) is 2. The molecule has 7 nitrogen and oxygen atoms in total. The van der Waals surface area contributed by atoms with Crippen LogP contribution in [0.25, 0.3) is 9.88 Å². The van der Waals surface area contributed by atoms with E-state index in [0.717, 1.165) is 14.9 Å². The Morgan fingerprint density at radius 2 is 1.96 bits per heavy atom. The van der Waals surface area contributed by atoms with Gasteiger partial charge >= 0.3 is 6.03 Å². The van der Waals surface area contributed by atoms with E-state index in [-0.39, 0.29) is 6.42 Å². The number of nitrogens with zero attached hydrogens (tertiary/aromatic N) is 2. The van der Waals surface area contributed by atoms with E-state index in [9.17, 15) is 14.4 Å². The number of nitrogens with one attached hydrogen (secondary N) is 2. The van der Waals surface area contributed by atoms with E-state index in [2.05, 4.69) is 15.7 Å². The first-order valence-corrected chi connectivity index (χ1v) is 10.2. The molecule has 9 heteroatoms. The number of carbonyl (C=O) groups excluding carboxylic acids is 3. The molecule has 0 aliphatic carbocycles. The van der Waals surface area contributed by atoms with Crippen LogP contribution in [0.3, 0.4) is 0 Å². The lowest BCUT2D eigenvalue weighted by atomic mass is 9.92. The lowest BCUT2D eigenvalue weighted by Crippen LogP contribution is -2.48. The number of urea groups is 1. The molecule has 2 aromatic heterocycles. The molecule has 2 N–H and O–H groups in total. The third-order valence-electron chi connectivity index (χ3n) is 4.40. The van der Waals surface area contributed by atoms with Crippen molar-refractivity contribution in [2.75, 3.05) is 0 Å². The van der Waals surface area contributed by atoms with Gasteiger partial charge in [0.1, 0.15) is 10.5 Å². The van der Waals surface area contributed by atoms with Crippen LogP contribution in [-0.2, 0) is 21.5 Å². The topological polar surface area (TPSA) is 91.4 Å². The van der Waals surface area contributed by atoms with Gasteiger partial charge in [0.25, 0.3) is 5.91 Å². The second kappa shape index (κ2) is 7.17. The van der Waals surface area contributed by atoms with Crippen LogP contribution in [0.15, 0.2) is 53.2 Å². The standard InChI is InChI=1S/C19H16N4O3S2/c1-19(12-6-3-2-4-7-12)17(25)23(18(26)21-19)22-15(24)10-13-11-28-16(20-13)14-8-5-9-27-14/h2-9,11H,10H2,1H3,(H,21,26)(H,22,24). The maximum absolute atomic E-state index is 12.8. The van der Waals surface area contributed by atoms with Gasteiger partial charge in [-0.05, 0) is 23.9 Å². The van der Waals surface area contributed by atoms with Gasteiger partial charge in [-0.3, -0.25) is 15.0 Å². The molecule has 1 unspecified atom stereocenters. The normalized spacial score (nSPS) is 19.0. The molecule has 3 aromatic rings. The lowest BCUT2D eigenvalue weighted by molar-refractivity contribution is -0.138. The fourth-order valence-electron chi connectivity index (χ4n) is 2.94. The summed E-state index contributed by atoms with van der Waals surface area (Å²) in [5.74, 6) is -1.02. The molecule has 0 saturated carbocycles. The number of hydrazine groups is 1. The molecule has 1 aliphatic heterocycles. The van der Waals surface area contributed by atoms with Crippen molar-refractivity contribution in [2.24, 2.45) is 0 Å². The zero-order chi connectivity index (χ0) is 19.7. The van der Waals surface area contributed by atoms with Crippen LogP contribution in [0.1, 0.15) is 18.2 Å². The van der Waals surface area contributed by atoms with Crippen molar-refractivity contribution in [1.29, 1.82) is 0 Å². The molecule has 4 rings (SSSR count). The van der Waals surface area contributed by atoms with Crippen molar-refractivity contribution in [1.82, 2.24) is 20.7 Å². The van der Waals surface area contributed by atoms with Crippen LogP contribution in [0.2, 0.25) is 0 Å². The number of rotatable bonds is 5. The highest BCUT2D eigenvalue weighted by Gasteiger charge is 2.49. The Morgan fingerprint density at radius 3 is 2.68 bits per heavy atom. The molecule has 0 bridgehead atoms. The Morgan fingerprint density at radius 1 is 1.18 bits per heavy atom. The molecule has 4 amide bonds. The molecular formula is C19H16N4O3S2. The summed E-state index contributed by atoms with van der Waals surface area (Å²) >= 11 is 3.02. The summed E-state index contributed by atoms with van der Waals surface area (Å²) in [5, 5.41) is 7.99. The predicted molar refractivity (Wildman–Crippen MR) is 106 cm³/mol. The molecule has 28 heavy (non-hydrogen) atoms. The third kappa shape index (κ3) is 3.30. The van der Waals surface area contributed by atoms with Crippen molar-refractivity contribution < 1.29 is 14.4 Å². The Balaban J connectivity index is 1.45. The summed E-state index contributed by atoms with van der Waals surface area (Å²) in [5.41, 5.74) is 2.40.